The second kappa shape index (κ2) is 14.4. The van der Waals surface area contributed by atoms with Gasteiger partial charge in [-0.1, -0.05) is 26.0 Å². The molecule has 1 rings (SSSR count). The lowest BCUT2D eigenvalue weighted by Crippen LogP contribution is -2.58. The molecule has 0 fully saturated rings. The quantitative estimate of drug-likeness (QED) is 0.122. The number of aliphatic carboxylic acids is 1. The number of amides is 5. The minimum Gasteiger partial charge on any atom is -0.508 e. The van der Waals surface area contributed by atoms with E-state index < -0.39 is 72.5 Å². The number of carbonyl (C=O) groups is 6. The van der Waals surface area contributed by atoms with Crippen LogP contribution < -0.4 is 33.2 Å². The molecule has 1 aromatic rings. The SMILES string of the molecule is CC(C)CC(NC(=O)C(N)CC(N)=O)C(=O)NC(Cc1ccc(O)cc1)C(=O)NC(CC(N)=O)C(=O)O. The summed E-state index contributed by atoms with van der Waals surface area (Å²) in [5.41, 5.74) is 16.3. The molecule has 4 atom stereocenters. The van der Waals surface area contributed by atoms with Crippen LogP contribution in [0.5, 0.6) is 5.75 Å². The summed E-state index contributed by atoms with van der Waals surface area (Å²) in [6.45, 7) is 3.58. The smallest absolute Gasteiger partial charge is 0.326 e. The number of hydrogen-bond donors (Lipinski definition) is 8. The number of nitrogens with two attached hydrogens (primary N) is 3. The number of carboxylic acids is 1. The Kier molecular flexibility index (Phi) is 12.0. The predicted octanol–water partition coefficient (Wildman–Crippen LogP) is -2.40. The van der Waals surface area contributed by atoms with Gasteiger partial charge in [-0.3, -0.25) is 24.0 Å². The second-order valence-electron chi connectivity index (χ2n) is 8.97. The maximum absolute atomic E-state index is 13.1. The van der Waals surface area contributed by atoms with Crippen molar-refractivity contribution in [1.29, 1.82) is 0 Å². The fourth-order valence-corrected chi connectivity index (χ4v) is 3.31. The maximum Gasteiger partial charge on any atom is 0.326 e. The van der Waals surface area contributed by atoms with E-state index in [0.717, 1.165) is 0 Å². The third-order valence-electron chi connectivity index (χ3n) is 5.13. The summed E-state index contributed by atoms with van der Waals surface area (Å²) < 4.78 is 0. The van der Waals surface area contributed by atoms with Crippen molar-refractivity contribution in [2.45, 2.75) is 63.7 Å². The number of phenolic OH excluding ortho intramolecular Hbond substituents is 1. The van der Waals surface area contributed by atoms with Gasteiger partial charge in [0, 0.05) is 6.42 Å². The molecule has 0 aromatic heterocycles. The minimum absolute atomic E-state index is 0.0341. The molecule has 0 aliphatic carbocycles. The third kappa shape index (κ3) is 11.4. The lowest BCUT2D eigenvalue weighted by Gasteiger charge is -2.26. The molecule has 0 radical (unpaired) electrons. The lowest BCUT2D eigenvalue weighted by atomic mass is 10.00. The highest BCUT2D eigenvalue weighted by molar-refractivity contribution is 5.95. The maximum atomic E-state index is 13.1. The van der Waals surface area contributed by atoms with Crippen LogP contribution in [0.25, 0.3) is 0 Å². The van der Waals surface area contributed by atoms with Crippen LogP contribution in [0.15, 0.2) is 24.3 Å². The Morgan fingerprint density at radius 1 is 0.784 bits per heavy atom. The van der Waals surface area contributed by atoms with Crippen molar-refractivity contribution in [2.75, 3.05) is 0 Å². The summed E-state index contributed by atoms with van der Waals surface area (Å²) in [6.07, 6.45) is -1.09. The van der Waals surface area contributed by atoms with E-state index in [-0.39, 0.29) is 24.5 Å². The Balaban J connectivity index is 3.17. The normalized spacial score (nSPS) is 14.1. The van der Waals surface area contributed by atoms with Gasteiger partial charge in [0.05, 0.1) is 18.9 Å². The van der Waals surface area contributed by atoms with Crippen LogP contribution in [0.4, 0.5) is 0 Å². The average molecular weight is 523 g/mol. The van der Waals surface area contributed by atoms with E-state index in [9.17, 15) is 39.0 Å². The van der Waals surface area contributed by atoms with E-state index in [0.29, 0.717) is 5.56 Å². The molecule has 11 N–H and O–H groups in total. The van der Waals surface area contributed by atoms with Gasteiger partial charge in [0.2, 0.25) is 29.5 Å². The van der Waals surface area contributed by atoms with Crippen LogP contribution in [0.1, 0.15) is 38.7 Å². The third-order valence-corrected chi connectivity index (χ3v) is 5.13. The Labute approximate surface area is 213 Å². The van der Waals surface area contributed by atoms with Crippen LogP contribution >= 0.6 is 0 Å². The number of hydrogen-bond acceptors (Lipinski definition) is 8. The predicted molar refractivity (Wildman–Crippen MR) is 130 cm³/mol. The molecule has 0 heterocycles. The first-order valence-corrected chi connectivity index (χ1v) is 11.4. The molecule has 0 aliphatic heterocycles. The van der Waals surface area contributed by atoms with Gasteiger partial charge >= 0.3 is 5.97 Å². The van der Waals surface area contributed by atoms with E-state index in [4.69, 9.17) is 17.2 Å². The summed E-state index contributed by atoms with van der Waals surface area (Å²) in [5.74, 6) is -5.88. The van der Waals surface area contributed by atoms with Gasteiger partial charge in [0.1, 0.15) is 23.9 Å². The first kappa shape index (κ1) is 30.8. The molecule has 0 bridgehead atoms. The molecule has 0 saturated carbocycles. The number of phenols is 1. The summed E-state index contributed by atoms with van der Waals surface area (Å²) in [7, 11) is 0. The number of aromatic hydroxyl groups is 1. The highest BCUT2D eigenvalue weighted by Crippen LogP contribution is 2.13. The monoisotopic (exact) mass is 522 g/mol. The van der Waals surface area contributed by atoms with Crippen molar-refractivity contribution >= 4 is 35.5 Å². The fraction of sp³-hybridized carbons (Fsp3) is 0.478. The molecule has 0 spiro atoms. The highest BCUT2D eigenvalue weighted by Gasteiger charge is 2.31. The molecule has 204 valence electrons. The van der Waals surface area contributed by atoms with E-state index in [2.05, 4.69) is 16.0 Å². The van der Waals surface area contributed by atoms with E-state index in [1.807, 2.05) is 0 Å². The second-order valence-corrected chi connectivity index (χ2v) is 8.97. The Bertz CT molecular complexity index is 997. The zero-order chi connectivity index (χ0) is 28.3. The molecule has 0 aliphatic rings. The number of carbonyl (C=O) groups excluding carboxylic acids is 5. The minimum atomic E-state index is -1.64. The van der Waals surface area contributed by atoms with Gasteiger partial charge in [0.15, 0.2) is 0 Å². The van der Waals surface area contributed by atoms with Gasteiger partial charge in [-0.25, -0.2) is 4.79 Å². The summed E-state index contributed by atoms with van der Waals surface area (Å²) >= 11 is 0. The van der Waals surface area contributed by atoms with Gasteiger partial charge in [0.25, 0.3) is 0 Å². The standard InChI is InChI=1S/C23H34N6O8/c1-11(2)7-15(27-20(33)14(24)9-18(25)31)21(34)28-16(8-12-3-5-13(30)6-4-12)22(35)29-17(23(36)37)10-19(26)32/h3-6,11,14-17,30H,7-10,24H2,1-2H3,(H2,25,31)(H2,26,32)(H,27,33)(H,28,34)(H,29,35)(H,36,37). The molecule has 0 saturated heterocycles. The molecule has 4 unspecified atom stereocenters. The number of rotatable bonds is 15. The van der Waals surface area contributed by atoms with Crippen LogP contribution in [0.3, 0.4) is 0 Å². The molecule has 14 nitrogen and oxygen atoms in total. The van der Waals surface area contributed by atoms with E-state index >= 15 is 0 Å². The van der Waals surface area contributed by atoms with E-state index in [1.54, 1.807) is 13.8 Å². The van der Waals surface area contributed by atoms with Gasteiger partial charge in [-0.05, 0) is 30.0 Å². The van der Waals surface area contributed by atoms with Crippen molar-refractivity contribution in [3.8, 4) is 5.75 Å². The first-order valence-electron chi connectivity index (χ1n) is 11.4. The Hall–Kier alpha value is -4.20. The largest absolute Gasteiger partial charge is 0.508 e. The molecular formula is C23H34N6O8. The van der Waals surface area contributed by atoms with Crippen LogP contribution in [-0.2, 0) is 35.2 Å². The fourth-order valence-electron chi connectivity index (χ4n) is 3.31. The van der Waals surface area contributed by atoms with Gasteiger partial charge in [-0.15, -0.1) is 0 Å². The summed E-state index contributed by atoms with van der Waals surface area (Å²) in [4.78, 5) is 72.3. The Morgan fingerprint density at radius 2 is 1.27 bits per heavy atom. The molecule has 1 aromatic carbocycles. The molecular weight excluding hydrogens is 488 g/mol. The van der Waals surface area contributed by atoms with E-state index in [1.165, 1.54) is 24.3 Å². The number of carboxylic acid groups (broad SMARTS) is 1. The van der Waals surface area contributed by atoms with Crippen LogP contribution in [0, 0.1) is 5.92 Å². The van der Waals surface area contributed by atoms with Crippen molar-refractivity contribution in [3.63, 3.8) is 0 Å². The van der Waals surface area contributed by atoms with Gasteiger partial charge in [-0.2, -0.15) is 0 Å². The molecule has 37 heavy (non-hydrogen) atoms. The average Bonchev–Trinajstić information content (AvgIpc) is 2.77. The number of benzene rings is 1. The van der Waals surface area contributed by atoms with Crippen molar-refractivity contribution in [3.05, 3.63) is 29.8 Å². The van der Waals surface area contributed by atoms with Crippen molar-refractivity contribution in [1.82, 2.24) is 16.0 Å². The summed E-state index contributed by atoms with van der Waals surface area (Å²) in [6, 6.07) is 0.303. The Morgan fingerprint density at radius 3 is 1.76 bits per heavy atom. The molecule has 5 amide bonds. The number of primary amides is 2. The van der Waals surface area contributed by atoms with Crippen molar-refractivity contribution < 1.29 is 39.0 Å². The zero-order valence-corrected chi connectivity index (χ0v) is 20.6. The first-order chi connectivity index (χ1) is 17.2. The van der Waals surface area contributed by atoms with Crippen LogP contribution in [-0.4, -0.2) is 69.9 Å². The lowest BCUT2D eigenvalue weighted by molar-refractivity contribution is -0.143. The highest BCUT2D eigenvalue weighted by atomic mass is 16.4. The van der Waals surface area contributed by atoms with Gasteiger partial charge < -0.3 is 43.4 Å². The topological polar surface area (TPSA) is 257 Å². The van der Waals surface area contributed by atoms with Crippen molar-refractivity contribution in [2.24, 2.45) is 23.1 Å². The molecule has 14 heteroatoms. The zero-order valence-electron chi connectivity index (χ0n) is 20.6. The summed E-state index contributed by atoms with van der Waals surface area (Å²) in [5, 5.41) is 26.0. The number of nitrogens with one attached hydrogen (secondary N) is 3. The van der Waals surface area contributed by atoms with Crippen LogP contribution in [0.2, 0.25) is 0 Å².